The Hall–Kier alpha value is -6.65. The second-order valence-corrected chi connectivity index (χ2v) is 11.8. The van der Waals surface area contributed by atoms with Crippen LogP contribution < -0.4 is 0 Å². The summed E-state index contributed by atoms with van der Waals surface area (Å²) in [6, 6.07) is 51.2. The van der Waals surface area contributed by atoms with Crippen LogP contribution in [-0.2, 0) is 0 Å². The van der Waals surface area contributed by atoms with Gasteiger partial charge in [0.15, 0.2) is 17.5 Å². The molecule has 0 saturated heterocycles. The lowest BCUT2D eigenvalue weighted by atomic mass is 9.96. The first-order valence-electron chi connectivity index (χ1n) is 18.1. The fourth-order valence-corrected chi connectivity index (χ4v) is 6.47. The quantitative estimate of drug-likeness (QED) is 0.184. The normalized spacial score (nSPS) is 12.4. The zero-order valence-electron chi connectivity index (χ0n) is 30.3. The van der Waals surface area contributed by atoms with Crippen LogP contribution in [0.1, 0.15) is 5.48 Å². The first kappa shape index (κ1) is 24.5. The Labute approximate surface area is 290 Å². The van der Waals surface area contributed by atoms with Gasteiger partial charge >= 0.3 is 0 Å². The highest BCUT2D eigenvalue weighted by Gasteiger charge is 2.17. The van der Waals surface area contributed by atoms with Crippen LogP contribution in [0.2, 0.25) is 0 Å². The zero-order chi connectivity index (χ0) is 36.1. The number of hydrogen-bond acceptors (Lipinski definition) is 3. The van der Waals surface area contributed by atoms with Crippen LogP contribution in [0, 0.1) is 0 Å². The molecule has 0 N–H and O–H groups in total. The topological polar surface area (TPSA) is 43.6 Å². The maximum atomic E-state index is 9.12. The summed E-state index contributed by atoms with van der Waals surface area (Å²) in [5, 5.41) is 1.24. The van der Waals surface area contributed by atoms with Crippen LogP contribution in [0.5, 0.6) is 0 Å². The van der Waals surface area contributed by atoms with Crippen molar-refractivity contribution in [3.8, 4) is 62.1 Å². The van der Waals surface area contributed by atoms with Gasteiger partial charge in [0.25, 0.3) is 0 Å². The van der Waals surface area contributed by atoms with Crippen molar-refractivity contribution in [2.24, 2.45) is 0 Å². The predicted molar refractivity (Wildman–Crippen MR) is 201 cm³/mol. The fourth-order valence-electron chi connectivity index (χ4n) is 6.47. The molecule has 0 aliphatic rings. The van der Waals surface area contributed by atoms with Gasteiger partial charge in [0.05, 0.1) is 16.5 Å². The van der Waals surface area contributed by atoms with Crippen molar-refractivity contribution < 1.29 is 5.48 Å². The number of nitrogens with zero attached hydrogens (tertiary/aromatic N) is 4. The van der Waals surface area contributed by atoms with Crippen molar-refractivity contribution in [3.63, 3.8) is 0 Å². The number of fused-ring (bicyclic) bond motifs is 3. The van der Waals surface area contributed by atoms with E-state index < -0.39 is 0 Å². The molecule has 0 amide bonds. The summed E-state index contributed by atoms with van der Waals surface area (Å²) in [6.07, 6.45) is 0. The fraction of sp³-hybridized carbons (Fsp3) is 0. The molecule has 2 aromatic heterocycles. The number of hydrogen-bond donors (Lipinski definition) is 0. The molecule has 9 rings (SSSR count). The number of rotatable bonds is 6. The SMILES string of the molecule is [2H]c1c([2H])c([2H])c2c(c1[2H])c1c(-c3cccc(-c4ccccc4)c3)cccc1n2-c1ccc(-c2nc(-c3ccccc3)nc(-c3ccccc3)n2)cc1. The number of aromatic nitrogens is 4. The molecule has 0 atom stereocenters. The van der Waals surface area contributed by atoms with E-state index in [4.69, 9.17) is 20.4 Å². The van der Waals surface area contributed by atoms with Crippen molar-refractivity contribution in [1.29, 1.82) is 0 Å². The minimum Gasteiger partial charge on any atom is -0.309 e. The number of benzene rings is 7. The molecule has 7 aromatic carbocycles. The number of para-hydroxylation sites is 1. The summed E-state index contributed by atoms with van der Waals surface area (Å²) in [7, 11) is 0. The van der Waals surface area contributed by atoms with E-state index in [1.54, 1.807) is 0 Å². The highest BCUT2D eigenvalue weighted by molar-refractivity contribution is 6.15. The Balaban J connectivity index is 1.23. The van der Waals surface area contributed by atoms with Crippen LogP contribution in [-0.4, -0.2) is 19.5 Å². The Morgan fingerprint density at radius 3 is 1.55 bits per heavy atom. The molecule has 9 aromatic rings. The van der Waals surface area contributed by atoms with Gasteiger partial charge in [-0.2, -0.15) is 0 Å². The summed E-state index contributed by atoms with van der Waals surface area (Å²) in [5.74, 6) is 1.66. The van der Waals surface area contributed by atoms with Gasteiger partial charge in [0, 0.05) is 33.2 Å². The van der Waals surface area contributed by atoms with Crippen LogP contribution >= 0.6 is 0 Å². The molecule has 0 spiro atoms. The van der Waals surface area contributed by atoms with E-state index in [-0.39, 0.29) is 24.2 Å². The maximum absolute atomic E-state index is 9.12. The minimum absolute atomic E-state index is 0.0693. The van der Waals surface area contributed by atoms with Crippen LogP contribution in [0.3, 0.4) is 0 Å². The highest BCUT2D eigenvalue weighted by atomic mass is 15.0. The van der Waals surface area contributed by atoms with Gasteiger partial charge in [-0.25, -0.2) is 15.0 Å². The van der Waals surface area contributed by atoms with E-state index in [0.717, 1.165) is 55.5 Å². The molecule has 2 heterocycles. The van der Waals surface area contributed by atoms with Gasteiger partial charge in [0.1, 0.15) is 0 Å². The third-order valence-corrected chi connectivity index (χ3v) is 8.79. The summed E-state index contributed by atoms with van der Waals surface area (Å²) < 4.78 is 37.5. The Bertz CT molecular complexity index is 2750. The average molecular weight is 631 g/mol. The summed E-state index contributed by atoms with van der Waals surface area (Å²) in [6.45, 7) is 0. The van der Waals surface area contributed by atoms with Crippen LogP contribution in [0.25, 0.3) is 83.9 Å². The van der Waals surface area contributed by atoms with Crippen molar-refractivity contribution in [1.82, 2.24) is 19.5 Å². The molecule has 0 bridgehead atoms. The van der Waals surface area contributed by atoms with E-state index in [0.29, 0.717) is 28.4 Å². The first-order chi connectivity index (χ1) is 26.0. The second kappa shape index (κ2) is 12.2. The first-order valence-corrected chi connectivity index (χ1v) is 16.1. The lowest BCUT2D eigenvalue weighted by Crippen LogP contribution is -2.00. The molecule has 0 saturated carbocycles. The van der Waals surface area contributed by atoms with Crippen molar-refractivity contribution in [2.75, 3.05) is 0 Å². The third kappa shape index (κ3) is 5.26. The molecule has 0 unspecified atom stereocenters. The molecule has 49 heavy (non-hydrogen) atoms. The van der Waals surface area contributed by atoms with Crippen molar-refractivity contribution in [2.45, 2.75) is 0 Å². The van der Waals surface area contributed by atoms with E-state index in [2.05, 4.69) is 24.3 Å². The third-order valence-electron chi connectivity index (χ3n) is 8.79. The van der Waals surface area contributed by atoms with Gasteiger partial charge in [0.2, 0.25) is 0 Å². The van der Waals surface area contributed by atoms with Crippen LogP contribution in [0.4, 0.5) is 0 Å². The smallest absolute Gasteiger partial charge is 0.164 e. The van der Waals surface area contributed by atoms with Gasteiger partial charge in [-0.05, 0) is 64.7 Å². The van der Waals surface area contributed by atoms with Crippen molar-refractivity contribution >= 4 is 21.8 Å². The standard InChI is InChI=1S/C45H30N4/c1-4-14-31(15-5-1)35-20-12-21-36(30-35)38-23-13-25-41-42(38)39-22-10-11-24-40(39)49(41)37-28-26-34(27-29-37)45-47-43(32-16-6-2-7-17-32)46-44(48-45)33-18-8-3-9-19-33/h1-30H/i10D,11D,22D,24D. The average Bonchev–Trinajstić information content (AvgIpc) is 3.59. The maximum Gasteiger partial charge on any atom is 0.164 e. The predicted octanol–water partition coefficient (Wildman–Crippen LogP) is 11.3. The lowest BCUT2D eigenvalue weighted by molar-refractivity contribution is 1.07. The molecule has 0 aliphatic carbocycles. The van der Waals surface area contributed by atoms with Crippen LogP contribution in [0.15, 0.2) is 182 Å². The summed E-state index contributed by atoms with van der Waals surface area (Å²) >= 11 is 0. The largest absolute Gasteiger partial charge is 0.309 e. The van der Waals surface area contributed by atoms with E-state index in [9.17, 15) is 0 Å². The Morgan fingerprint density at radius 2 is 0.918 bits per heavy atom. The molecule has 230 valence electrons. The molecule has 4 heteroatoms. The molecule has 0 radical (unpaired) electrons. The van der Waals surface area contributed by atoms with Gasteiger partial charge in [-0.1, -0.05) is 139 Å². The molecule has 4 nitrogen and oxygen atoms in total. The lowest BCUT2D eigenvalue weighted by Gasteiger charge is -2.11. The van der Waals surface area contributed by atoms with Gasteiger partial charge in [-0.15, -0.1) is 0 Å². The van der Waals surface area contributed by atoms with Gasteiger partial charge in [-0.3, -0.25) is 0 Å². The van der Waals surface area contributed by atoms with Gasteiger partial charge < -0.3 is 4.57 Å². The molecule has 0 aliphatic heterocycles. The zero-order valence-corrected chi connectivity index (χ0v) is 26.3. The van der Waals surface area contributed by atoms with E-state index in [1.165, 1.54) is 0 Å². The second-order valence-electron chi connectivity index (χ2n) is 11.8. The van der Waals surface area contributed by atoms with E-state index >= 15 is 0 Å². The summed E-state index contributed by atoms with van der Waals surface area (Å²) in [5.41, 5.74) is 8.49. The molecule has 0 fully saturated rings. The van der Waals surface area contributed by atoms with E-state index in [1.807, 2.05) is 138 Å². The minimum atomic E-state index is -0.275. The summed E-state index contributed by atoms with van der Waals surface area (Å²) in [4.78, 5) is 14.6. The Kier molecular flexibility index (Phi) is 6.09. The van der Waals surface area contributed by atoms with Crippen molar-refractivity contribution in [3.05, 3.63) is 182 Å². The highest BCUT2D eigenvalue weighted by Crippen LogP contribution is 2.39. The molecular weight excluding hydrogens is 597 g/mol. The Morgan fingerprint density at radius 1 is 0.408 bits per heavy atom. The monoisotopic (exact) mass is 630 g/mol. The molecular formula is C45H30N4.